The average molecular weight is 182 g/mol. The Bertz CT molecular complexity index is 257. The largest absolute Gasteiger partial charge is 0.387 e. The summed E-state index contributed by atoms with van der Waals surface area (Å²) in [6.45, 7) is 4.28. The van der Waals surface area contributed by atoms with E-state index in [-0.39, 0.29) is 0 Å². The zero-order chi connectivity index (χ0) is 9.84. The normalized spacial score (nSPS) is 15.7. The van der Waals surface area contributed by atoms with Crippen molar-refractivity contribution in [1.82, 2.24) is 9.78 Å². The predicted octanol–water partition coefficient (Wildman–Crippen LogP) is 1.89. The number of aliphatic hydroxyl groups is 1. The second-order valence-corrected chi connectivity index (χ2v) is 3.68. The number of aryl methyl sites for hydroxylation is 1. The van der Waals surface area contributed by atoms with Crippen molar-refractivity contribution < 1.29 is 5.11 Å². The molecule has 3 nitrogen and oxygen atoms in total. The Labute approximate surface area is 79.4 Å². The van der Waals surface area contributed by atoms with Gasteiger partial charge in [-0.2, -0.15) is 5.10 Å². The number of hydrogen-bond donors (Lipinski definition) is 1. The second kappa shape index (κ2) is 4.42. The Balaban J connectivity index is 2.53. The molecule has 0 radical (unpaired) electrons. The molecule has 74 valence electrons. The lowest BCUT2D eigenvalue weighted by Gasteiger charge is -2.12. The van der Waals surface area contributed by atoms with Gasteiger partial charge in [-0.1, -0.05) is 20.3 Å². The van der Waals surface area contributed by atoms with Crippen molar-refractivity contribution in [3.05, 3.63) is 18.0 Å². The summed E-state index contributed by atoms with van der Waals surface area (Å²) in [5.74, 6) is 0.553. The van der Waals surface area contributed by atoms with Gasteiger partial charge in [0.05, 0.1) is 11.8 Å². The van der Waals surface area contributed by atoms with Crippen molar-refractivity contribution in [2.24, 2.45) is 13.0 Å². The van der Waals surface area contributed by atoms with E-state index in [0.717, 1.165) is 18.5 Å². The second-order valence-electron chi connectivity index (χ2n) is 3.68. The van der Waals surface area contributed by atoms with Crippen LogP contribution < -0.4 is 0 Å². The zero-order valence-corrected chi connectivity index (χ0v) is 8.57. The molecule has 0 aliphatic carbocycles. The Morgan fingerprint density at radius 3 is 2.77 bits per heavy atom. The quantitative estimate of drug-likeness (QED) is 0.772. The third kappa shape index (κ3) is 2.84. The van der Waals surface area contributed by atoms with E-state index < -0.39 is 6.10 Å². The van der Waals surface area contributed by atoms with Crippen LogP contribution in [0.25, 0.3) is 0 Å². The predicted molar refractivity (Wildman–Crippen MR) is 52.2 cm³/mol. The first-order valence-corrected chi connectivity index (χ1v) is 4.81. The van der Waals surface area contributed by atoms with Crippen molar-refractivity contribution in [1.29, 1.82) is 0 Å². The molecule has 0 aromatic carbocycles. The molecule has 0 saturated heterocycles. The number of hydrogen-bond acceptors (Lipinski definition) is 2. The Hall–Kier alpha value is -0.830. The van der Waals surface area contributed by atoms with Crippen LogP contribution in [0.2, 0.25) is 0 Å². The van der Waals surface area contributed by atoms with Crippen LogP contribution in [-0.4, -0.2) is 14.9 Å². The molecule has 0 aliphatic rings. The van der Waals surface area contributed by atoms with E-state index in [0.29, 0.717) is 5.92 Å². The minimum absolute atomic E-state index is 0.406. The summed E-state index contributed by atoms with van der Waals surface area (Å²) in [5.41, 5.74) is 0.780. The van der Waals surface area contributed by atoms with Crippen LogP contribution >= 0.6 is 0 Å². The van der Waals surface area contributed by atoms with Crippen LogP contribution in [0.15, 0.2) is 12.3 Å². The van der Waals surface area contributed by atoms with Crippen molar-refractivity contribution in [3.8, 4) is 0 Å². The van der Waals surface area contributed by atoms with E-state index in [2.05, 4.69) is 18.9 Å². The SMILES string of the molecule is CCC(C)CC(O)c1ccn(C)n1. The lowest BCUT2D eigenvalue weighted by atomic mass is 10.00. The summed E-state index contributed by atoms with van der Waals surface area (Å²) >= 11 is 0. The molecule has 0 saturated carbocycles. The fourth-order valence-electron chi connectivity index (χ4n) is 1.28. The van der Waals surface area contributed by atoms with Crippen LogP contribution in [0.1, 0.15) is 38.5 Å². The fourth-order valence-corrected chi connectivity index (χ4v) is 1.28. The number of aliphatic hydroxyl groups excluding tert-OH is 1. The molecule has 1 N–H and O–H groups in total. The third-order valence-electron chi connectivity index (χ3n) is 2.40. The Morgan fingerprint density at radius 1 is 1.62 bits per heavy atom. The van der Waals surface area contributed by atoms with Crippen LogP contribution in [0.3, 0.4) is 0 Å². The van der Waals surface area contributed by atoms with Crippen molar-refractivity contribution in [2.45, 2.75) is 32.8 Å². The highest BCUT2D eigenvalue weighted by Gasteiger charge is 2.13. The fraction of sp³-hybridized carbons (Fsp3) is 0.700. The zero-order valence-electron chi connectivity index (χ0n) is 8.57. The van der Waals surface area contributed by atoms with E-state index in [9.17, 15) is 5.11 Å². The van der Waals surface area contributed by atoms with Gasteiger partial charge < -0.3 is 5.11 Å². The van der Waals surface area contributed by atoms with Gasteiger partial charge >= 0.3 is 0 Å². The maximum absolute atomic E-state index is 9.76. The molecule has 0 amide bonds. The minimum atomic E-state index is -0.406. The van der Waals surface area contributed by atoms with E-state index >= 15 is 0 Å². The van der Waals surface area contributed by atoms with Gasteiger partial charge in [-0.15, -0.1) is 0 Å². The van der Waals surface area contributed by atoms with E-state index in [1.54, 1.807) is 4.68 Å². The Morgan fingerprint density at radius 2 is 2.31 bits per heavy atom. The van der Waals surface area contributed by atoms with Crippen LogP contribution in [0.4, 0.5) is 0 Å². The maximum Gasteiger partial charge on any atom is 0.0980 e. The highest BCUT2D eigenvalue weighted by Crippen LogP contribution is 2.20. The molecule has 0 aliphatic heterocycles. The Kier molecular flexibility index (Phi) is 3.48. The van der Waals surface area contributed by atoms with Gasteiger partial charge in [0.1, 0.15) is 0 Å². The van der Waals surface area contributed by atoms with Crippen LogP contribution in [0.5, 0.6) is 0 Å². The standard InChI is InChI=1S/C10H18N2O/c1-4-8(2)7-10(13)9-5-6-12(3)11-9/h5-6,8,10,13H,4,7H2,1-3H3. The summed E-state index contributed by atoms with van der Waals surface area (Å²) in [5, 5.41) is 13.9. The molecule has 1 heterocycles. The van der Waals surface area contributed by atoms with Crippen molar-refractivity contribution in [3.63, 3.8) is 0 Å². The number of aromatic nitrogens is 2. The molecule has 0 bridgehead atoms. The molecule has 1 rings (SSSR count). The number of nitrogens with zero attached hydrogens (tertiary/aromatic N) is 2. The molecule has 0 spiro atoms. The van der Waals surface area contributed by atoms with E-state index in [1.807, 2.05) is 19.3 Å². The summed E-state index contributed by atoms with van der Waals surface area (Å²) in [7, 11) is 1.86. The maximum atomic E-state index is 9.76. The van der Waals surface area contributed by atoms with Crippen LogP contribution in [0, 0.1) is 5.92 Å². The first-order chi connectivity index (χ1) is 6.13. The monoisotopic (exact) mass is 182 g/mol. The summed E-state index contributed by atoms with van der Waals surface area (Å²) in [6, 6.07) is 1.87. The lowest BCUT2D eigenvalue weighted by Crippen LogP contribution is -2.05. The van der Waals surface area contributed by atoms with E-state index in [4.69, 9.17) is 0 Å². The number of rotatable bonds is 4. The smallest absolute Gasteiger partial charge is 0.0980 e. The molecule has 0 fully saturated rings. The van der Waals surface area contributed by atoms with Gasteiger partial charge in [-0.05, 0) is 18.4 Å². The van der Waals surface area contributed by atoms with Gasteiger partial charge in [-0.25, -0.2) is 0 Å². The molecular formula is C10H18N2O. The molecule has 1 aromatic heterocycles. The average Bonchev–Trinajstić information content (AvgIpc) is 2.51. The molecule has 1 aromatic rings. The highest BCUT2D eigenvalue weighted by atomic mass is 16.3. The molecule has 2 atom stereocenters. The van der Waals surface area contributed by atoms with Gasteiger partial charge in [0.15, 0.2) is 0 Å². The van der Waals surface area contributed by atoms with E-state index in [1.165, 1.54) is 0 Å². The van der Waals surface area contributed by atoms with Gasteiger partial charge in [0.2, 0.25) is 0 Å². The lowest BCUT2D eigenvalue weighted by molar-refractivity contribution is 0.141. The molecule has 3 heteroatoms. The van der Waals surface area contributed by atoms with Crippen molar-refractivity contribution in [2.75, 3.05) is 0 Å². The topological polar surface area (TPSA) is 38.0 Å². The van der Waals surface area contributed by atoms with Crippen molar-refractivity contribution >= 4 is 0 Å². The summed E-state index contributed by atoms with van der Waals surface area (Å²) < 4.78 is 1.72. The first-order valence-electron chi connectivity index (χ1n) is 4.81. The third-order valence-corrected chi connectivity index (χ3v) is 2.40. The first kappa shape index (κ1) is 10.3. The summed E-state index contributed by atoms with van der Waals surface area (Å²) in [6.07, 6.45) is 3.35. The minimum Gasteiger partial charge on any atom is -0.387 e. The van der Waals surface area contributed by atoms with Gasteiger partial charge in [0, 0.05) is 13.2 Å². The van der Waals surface area contributed by atoms with Gasteiger partial charge in [-0.3, -0.25) is 4.68 Å². The highest BCUT2D eigenvalue weighted by molar-refractivity contribution is 5.02. The summed E-state index contributed by atoms with van der Waals surface area (Å²) in [4.78, 5) is 0. The van der Waals surface area contributed by atoms with Gasteiger partial charge in [0.25, 0.3) is 0 Å². The van der Waals surface area contributed by atoms with Crippen LogP contribution in [-0.2, 0) is 7.05 Å². The molecule has 13 heavy (non-hydrogen) atoms. The molecule has 2 unspecified atom stereocenters. The molecular weight excluding hydrogens is 164 g/mol.